The summed E-state index contributed by atoms with van der Waals surface area (Å²) in [5.74, 6) is 0.775. The zero-order valence-electron chi connectivity index (χ0n) is 14.4. The number of carbonyl (C=O) groups excluding carboxylic acids is 2. The third-order valence-corrected chi connectivity index (χ3v) is 5.70. The van der Waals surface area contributed by atoms with Crippen molar-refractivity contribution in [3.05, 3.63) is 28.2 Å². The molecule has 0 bridgehead atoms. The van der Waals surface area contributed by atoms with Crippen LogP contribution >= 0.6 is 27.7 Å². The Morgan fingerprint density at radius 2 is 1.96 bits per heavy atom. The second kappa shape index (κ2) is 8.90. The van der Waals surface area contributed by atoms with E-state index in [1.165, 1.54) is 11.8 Å². The summed E-state index contributed by atoms with van der Waals surface area (Å²) < 4.78 is 6.17. The molecule has 0 saturated carbocycles. The highest BCUT2D eigenvalue weighted by molar-refractivity contribution is 9.10. The molecule has 1 heterocycles. The molecule has 24 heavy (non-hydrogen) atoms. The average molecular weight is 414 g/mol. The highest BCUT2D eigenvalue weighted by Gasteiger charge is 2.25. The first-order chi connectivity index (χ1) is 11.3. The number of carbonyl (C=O) groups is 2. The second-order valence-electron chi connectivity index (χ2n) is 6.60. The van der Waals surface area contributed by atoms with E-state index in [-0.39, 0.29) is 24.2 Å². The number of esters is 1. The molecule has 1 fully saturated rings. The van der Waals surface area contributed by atoms with Gasteiger partial charge in [-0.25, -0.2) is 0 Å². The standard InChI is InChI=1S/C18H24BrNO3S/c1-12-6-13(2)9-20(8-12)17(21)10-23-18(22)11-24-16-5-4-15(19)7-14(16)3/h4-5,7,12-13H,6,8-11H2,1-3H3. The smallest absolute Gasteiger partial charge is 0.316 e. The van der Waals surface area contributed by atoms with Crippen molar-refractivity contribution in [1.29, 1.82) is 0 Å². The molecular formula is C18H24BrNO3S. The molecule has 1 aromatic rings. The molecule has 0 N–H and O–H groups in total. The summed E-state index contributed by atoms with van der Waals surface area (Å²) in [5.41, 5.74) is 1.11. The average Bonchev–Trinajstić information content (AvgIpc) is 2.50. The Kier molecular flexibility index (Phi) is 7.16. The van der Waals surface area contributed by atoms with Crippen LogP contribution in [0.25, 0.3) is 0 Å². The van der Waals surface area contributed by atoms with E-state index in [9.17, 15) is 9.59 Å². The Morgan fingerprint density at radius 3 is 2.58 bits per heavy atom. The molecule has 2 atom stereocenters. The van der Waals surface area contributed by atoms with Crippen molar-refractivity contribution in [2.75, 3.05) is 25.4 Å². The number of likely N-dealkylation sites (tertiary alicyclic amines) is 1. The van der Waals surface area contributed by atoms with Gasteiger partial charge in [-0.2, -0.15) is 0 Å². The van der Waals surface area contributed by atoms with E-state index in [1.807, 2.05) is 30.0 Å². The molecule has 0 spiro atoms. The number of amides is 1. The van der Waals surface area contributed by atoms with E-state index in [0.717, 1.165) is 34.4 Å². The minimum atomic E-state index is -0.353. The van der Waals surface area contributed by atoms with Crippen molar-refractivity contribution in [3.8, 4) is 0 Å². The van der Waals surface area contributed by atoms with Gasteiger partial charge in [0.2, 0.25) is 0 Å². The number of piperidine rings is 1. The van der Waals surface area contributed by atoms with Gasteiger partial charge < -0.3 is 9.64 Å². The number of hydrogen-bond acceptors (Lipinski definition) is 4. The number of benzene rings is 1. The number of hydrogen-bond donors (Lipinski definition) is 0. The van der Waals surface area contributed by atoms with Crippen LogP contribution in [-0.2, 0) is 14.3 Å². The van der Waals surface area contributed by atoms with Gasteiger partial charge in [0.1, 0.15) is 0 Å². The van der Waals surface area contributed by atoms with Gasteiger partial charge in [0.05, 0.1) is 5.75 Å². The molecular weight excluding hydrogens is 390 g/mol. The molecule has 1 aliphatic heterocycles. The normalized spacial score (nSPS) is 20.8. The quantitative estimate of drug-likeness (QED) is 0.542. The minimum Gasteiger partial charge on any atom is -0.455 e. The molecule has 132 valence electrons. The molecule has 0 aliphatic carbocycles. The van der Waals surface area contributed by atoms with Crippen LogP contribution < -0.4 is 0 Å². The lowest BCUT2D eigenvalue weighted by molar-refractivity contribution is -0.151. The van der Waals surface area contributed by atoms with E-state index >= 15 is 0 Å². The van der Waals surface area contributed by atoms with Crippen molar-refractivity contribution in [3.63, 3.8) is 0 Å². The predicted molar refractivity (Wildman–Crippen MR) is 100 cm³/mol. The lowest BCUT2D eigenvalue weighted by atomic mass is 9.92. The van der Waals surface area contributed by atoms with Gasteiger partial charge in [-0.3, -0.25) is 9.59 Å². The van der Waals surface area contributed by atoms with Crippen LogP contribution in [0.2, 0.25) is 0 Å². The van der Waals surface area contributed by atoms with Gasteiger partial charge in [-0.15, -0.1) is 11.8 Å². The Hall–Kier alpha value is -1.01. The van der Waals surface area contributed by atoms with Crippen LogP contribution in [0.3, 0.4) is 0 Å². The Labute approximate surface area is 156 Å². The van der Waals surface area contributed by atoms with Gasteiger partial charge in [-0.1, -0.05) is 29.8 Å². The fourth-order valence-electron chi connectivity index (χ4n) is 3.05. The van der Waals surface area contributed by atoms with Crippen LogP contribution in [0.1, 0.15) is 25.8 Å². The van der Waals surface area contributed by atoms with Crippen molar-refractivity contribution < 1.29 is 14.3 Å². The third-order valence-electron chi connectivity index (χ3n) is 4.06. The van der Waals surface area contributed by atoms with Crippen molar-refractivity contribution in [2.45, 2.75) is 32.1 Å². The number of thioether (sulfide) groups is 1. The summed E-state index contributed by atoms with van der Waals surface area (Å²) >= 11 is 4.85. The lowest BCUT2D eigenvalue weighted by Gasteiger charge is -2.34. The van der Waals surface area contributed by atoms with Crippen LogP contribution in [0.5, 0.6) is 0 Å². The highest BCUT2D eigenvalue weighted by Crippen LogP contribution is 2.25. The molecule has 0 aromatic heterocycles. The molecule has 1 aliphatic rings. The van der Waals surface area contributed by atoms with Gasteiger partial charge in [0.25, 0.3) is 5.91 Å². The first-order valence-corrected chi connectivity index (χ1v) is 9.95. The van der Waals surface area contributed by atoms with E-state index in [0.29, 0.717) is 11.8 Å². The molecule has 2 unspecified atom stereocenters. The molecule has 1 aromatic carbocycles. The Morgan fingerprint density at radius 1 is 1.29 bits per heavy atom. The molecule has 2 rings (SSSR count). The van der Waals surface area contributed by atoms with E-state index in [1.54, 1.807) is 0 Å². The van der Waals surface area contributed by atoms with Crippen molar-refractivity contribution in [1.82, 2.24) is 4.90 Å². The summed E-state index contributed by atoms with van der Waals surface area (Å²) in [6.45, 7) is 7.66. The maximum absolute atomic E-state index is 12.2. The first-order valence-electron chi connectivity index (χ1n) is 8.17. The van der Waals surface area contributed by atoms with E-state index in [4.69, 9.17) is 4.74 Å². The maximum atomic E-state index is 12.2. The molecule has 0 radical (unpaired) electrons. The number of aryl methyl sites for hydroxylation is 1. The predicted octanol–water partition coefficient (Wildman–Crippen LogP) is 3.90. The van der Waals surface area contributed by atoms with Gasteiger partial charge in [0, 0.05) is 22.5 Å². The SMILES string of the molecule is Cc1cc(Br)ccc1SCC(=O)OCC(=O)N1CC(C)CC(C)C1. The van der Waals surface area contributed by atoms with Gasteiger partial charge in [0.15, 0.2) is 6.61 Å². The van der Waals surface area contributed by atoms with Crippen LogP contribution in [0.4, 0.5) is 0 Å². The second-order valence-corrected chi connectivity index (χ2v) is 8.54. The number of nitrogens with zero attached hydrogens (tertiary/aromatic N) is 1. The number of halogens is 1. The zero-order chi connectivity index (χ0) is 17.7. The largest absolute Gasteiger partial charge is 0.455 e. The van der Waals surface area contributed by atoms with Crippen molar-refractivity contribution in [2.24, 2.45) is 11.8 Å². The maximum Gasteiger partial charge on any atom is 0.316 e. The van der Waals surface area contributed by atoms with Gasteiger partial charge >= 0.3 is 5.97 Å². The Balaban J connectivity index is 1.75. The number of rotatable bonds is 5. The van der Waals surface area contributed by atoms with Crippen molar-refractivity contribution >= 4 is 39.6 Å². The molecule has 1 amide bonds. The first kappa shape index (κ1) is 19.3. The molecule has 6 heteroatoms. The third kappa shape index (κ3) is 5.81. The Bertz CT molecular complexity index is 598. The lowest BCUT2D eigenvalue weighted by Crippen LogP contribution is -2.44. The van der Waals surface area contributed by atoms with Crippen LogP contribution in [-0.4, -0.2) is 42.2 Å². The fraction of sp³-hybridized carbons (Fsp3) is 0.556. The molecule has 1 saturated heterocycles. The summed E-state index contributed by atoms with van der Waals surface area (Å²) in [4.78, 5) is 26.9. The van der Waals surface area contributed by atoms with Gasteiger partial charge in [-0.05, 0) is 48.9 Å². The summed E-state index contributed by atoms with van der Waals surface area (Å²) in [5, 5.41) is 0. The monoisotopic (exact) mass is 413 g/mol. The van der Waals surface area contributed by atoms with Crippen LogP contribution in [0.15, 0.2) is 27.6 Å². The summed E-state index contributed by atoms with van der Waals surface area (Å²) in [6, 6.07) is 5.93. The van der Waals surface area contributed by atoms with Crippen LogP contribution in [0, 0.1) is 18.8 Å². The minimum absolute atomic E-state index is 0.0911. The molecule has 4 nitrogen and oxygen atoms in total. The van der Waals surface area contributed by atoms with E-state index < -0.39 is 0 Å². The van der Waals surface area contributed by atoms with E-state index in [2.05, 4.69) is 29.8 Å². The zero-order valence-corrected chi connectivity index (χ0v) is 16.8. The number of ether oxygens (including phenoxy) is 1. The highest BCUT2D eigenvalue weighted by atomic mass is 79.9. The fourth-order valence-corrected chi connectivity index (χ4v) is 4.34. The summed E-state index contributed by atoms with van der Waals surface area (Å²) in [6.07, 6.45) is 1.15. The topological polar surface area (TPSA) is 46.6 Å². The summed E-state index contributed by atoms with van der Waals surface area (Å²) in [7, 11) is 0.